The number of carbonyl (C=O) groups excluding carboxylic acids is 2. The Bertz CT molecular complexity index is 265. The van der Waals surface area contributed by atoms with Crippen LogP contribution in [0.4, 0.5) is 4.79 Å². The molecular weight excluding hydrogens is 222 g/mol. The molecule has 1 rings (SSSR count). The molecule has 0 radical (unpaired) electrons. The number of ether oxygens (including phenoxy) is 1. The quantitative estimate of drug-likeness (QED) is 0.724. The maximum absolute atomic E-state index is 11.5. The molecule has 1 heterocycles. The molecule has 2 amide bonds. The topological polar surface area (TPSA) is 70.7 Å². The first-order chi connectivity index (χ1) is 8.13. The van der Waals surface area contributed by atoms with Crippen LogP contribution in [0.5, 0.6) is 0 Å². The number of piperidine rings is 1. The van der Waals surface area contributed by atoms with E-state index in [0.29, 0.717) is 6.04 Å². The van der Waals surface area contributed by atoms with Gasteiger partial charge in [0, 0.05) is 6.04 Å². The minimum absolute atomic E-state index is 0.226. The first kappa shape index (κ1) is 13.9. The average molecular weight is 243 g/mol. The number of rotatable bonds is 4. The Morgan fingerprint density at radius 1 is 1.41 bits per heavy atom. The van der Waals surface area contributed by atoms with Crippen LogP contribution in [0, 0.1) is 0 Å². The highest BCUT2D eigenvalue weighted by Gasteiger charge is 2.20. The molecule has 0 spiro atoms. The summed E-state index contributed by atoms with van der Waals surface area (Å²) in [4.78, 5) is 24.5. The summed E-state index contributed by atoms with van der Waals surface area (Å²) >= 11 is 0. The van der Waals surface area contributed by atoms with Gasteiger partial charge in [0.05, 0.1) is 13.2 Å². The van der Waals surface area contributed by atoms with Crippen molar-refractivity contribution in [1.29, 1.82) is 0 Å². The molecule has 0 bridgehead atoms. The Morgan fingerprint density at radius 3 is 2.65 bits per heavy atom. The molecule has 17 heavy (non-hydrogen) atoms. The lowest BCUT2D eigenvalue weighted by molar-refractivity contribution is -0.121. The zero-order valence-corrected chi connectivity index (χ0v) is 10.5. The zero-order valence-electron chi connectivity index (χ0n) is 10.5. The van der Waals surface area contributed by atoms with Crippen molar-refractivity contribution >= 4 is 12.0 Å². The molecule has 0 saturated carbocycles. The van der Waals surface area contributed by atoms with E-state index in [1.807, 2.05) is 11.9 Å². The maximum Gasteiger partial charge on any atom is 0.413 e. The van der Waals surface area contributed by atoms with Crippen LogP contribution in [0.2, 0.25) is 0 Å². The molecule has 1 aliphatic heterocycles. The van der Waals surface area contributed by atoms with Crippen molar-refractivity contribution in [3.63, 3.8) is 0 Å². The maximum atomic E-state index is 11.5. The summed E-state index contributed by atoms with van der Waals surface area (Å²) in [5.41, 5.74) is 0. The van der Waals surface area contributed by atoms with Crippen molar-refractivity contribution in [3.8, 4) is 0 Å². The van der Waals surface area contributed by atoms with E-state index in [4.69, 9.17) is 0 Å². The van der Waals surface area contributed by atoms with Crippen molar-refractivity contribution in [2.75, 3.05) is 33.3 Å². The average Bonchev–Trinajstić information content (AvgIpc) is 2.30. The number of nitrogens with one attached hydrogen (secondary N) is 2. The minimum atomic E-state index is -0.670. The van der Waals surface area contributed by atoms with Gasteiger partial charge < -0.3 is 10.1 Å². The van der Waals surface area contributed by atoms with Gasteiger partial charge in [0.25, 0.3) is 0 Å². The predicted molar refractivity (Wildman–Crippen MR) is 63.7 cm³/mol. The van der Waals surface area contributed by atoms with Crippen LogP contribution in [0.15, 0.2) is 0 Å². The van der Waals surface area contributed by atoms with Gasteiger partial charge in [-0.25, -0.2) is 4.79 Å². The van der Waals surface area contributed by atoms with Gasteiger partial charge in [0.1, 0.15) is 0 Å². The lowest BCUT2D eigenvalue weighted by atomic mass is 10.1. The molecule has 0 aromatic rings. The van der Waals surface area contributed by atoms with Gasteiger partial charge in [-0.05, 0) is 39.9 Å². The van der Waals surface area contributed by atoms with E-state index in [-0.39, 0.29) is 19.1 Å². The third-order valence-corrected chi connectivity index (χ3v) is 2.84. The van der Waals surface area contributed by atoms with E-state index < -0.39 is 6.09 Å². The lowest BCUT2D eigenvalue weighted by Crippen LogP contribution is -2.46. The number of hydrogen-bond acceptors (Lipinski definition) is 5. The van der Waals surface area contributed by atoms with Crippen molar-refractivity contribution in [1.82, 2.24) is 15.5 Å². The lowest BCUT2D eigenvalue weighted by Gasteiger charge is -2.30. The number of amides is 2. The Balaban J connectivity index is 2.26. The molecule has 98 valence electrons. The fourth-order valence-corrected chi connectivity index (χ4v) is 1.92. The first-order valence-corrected chi connectivity index (χ1v) is 6.01. The summed E-state index contributed by atoms with van der Waals surface area (Å²) < 4.78 is 4.64. The Kier molecular flexibility index (Phi) is 5.93. The van der Waals surface area contributed by atoms with Crippen LogP contribution in [0.25, 0.3) is 0 Å². The predicted octanol–water partition coefficient (Wildman–Crippen LogP) is -0.0571. The van der Waals surface area contributed by atoms with Crippen LogP contribution in [0.3, 0.4) is 0 Å². The fourth-order valence-electron chi connectivity index (χ4n) is 1.92. The second-order valence-corrected chi connectivity index (χ2v) is 4.16. The summed E-state index contributed by atoms with van der Waals surface area (Å²) in [5.74, 6) is -0.315. The largest absolute Gasteiger partial charge is 0.450 e. The zero-order chi connectivity index (χ0) is 12.7. The van der Waals surface area contributed by atoms with E-state index in [9.17, 15) is 9.59 Å². The number of nitrogens with zero attached hydrogens (tertiary/aromatic N) is 1. The van der Waals surface area contributed by atoms with Crippen LogP contribution >= 0.6 is 0 Å². The molecule has 1 saturated heterocycles. The second kappa shape index (κ2) is 7.24. The summed E-state index contributed by atoms with van der Waals surface area (Å²) in [5, 5.41) is 5.46. The number of alkyl carbamates (subject to hydrolysis) is 1. The third-order valence-electron chi connectivity index (χ3n) is 2.84. The van der Waals surface area contributed by atoms with Gasteiger partial charge in [-0.1, -0.05) is 0 Å². The molecule has 6 nitrogen and oxygen atoms in total. The monoisotopic (exact) mass is 243 g/mol. The Labute approximate surface area is 102 Å². The molecule has 0 unspecified atom stereocenters. The number of hydrogen-bond donors (Lipinski definition) is 2. The highest BCUT2D eigenvalue weighted by atomic mass is 16.5. The van der Waals surface area contributed by atoms with Gasteiger partial charge in [-0.3, -0.25) is 15.0 Å². The number of carbonyl (C=O) groups is 2. The van der Waals surface area contributed by atoms with E-state index >= 15 is 0 Å². The van der Waals surface area contributed by atoms with Gasteiger partial charge in [0.15, 0.2) is 0 Å². The molecule has 0 aliphatic carbocycles. The van der Waals surface area contributed by atoms with E-state index in [1.54, 1.807) is 6.92 Å². The van der Waals surface area contributed by atoms with Crippen LogP contribution < -0.4 is 10.6 Å². The minimum Gasteiger partial charge on any atom is -0.450 e. The third kappa shape index (κ3) is 5.14. The molecule has 0 aromatic heterocycles. The standard InChI is InChI=1S/C11H21N3O3/c1-3-17-11(16)13-10(15)8-14(2)9-4-6-12-7-5-9/h9,12H,3-8H2,1-2H3,(H,13,15,16). The van der Waals surface area contributed by atoms with Crippen LogP contribution in [-0.4, -0.2) is 56.2 Å². The number of likely N-dealkylation sites (N-methyl/N-ethyl adjacent to an activating group) is 1. The van der Waals surface area contributed by atoms with E-state index in [0.717, 1.165) is 25.9 Å². The molecule has 0 aromatic carbocycles. The first-order valence-electron chi connectivity index (χ1n) is 6.01. The van der Waals surface area contributed by atoms with Crippen molar-refractivity contribution in [2.45, 2.75) is 25.8 Å². The van der Waals surface area contributed by atoms with Gasteiger partial charge in [-0.2, -0.15) is 0 Å². The molecule has 2 N–H and O–H groups in total. The second-order valence-electron chi connectivity index (χ2n) is 4.16. The fraction of sp³-hybridized carbons (Fsp3) is 0.818. The number of imide groups is 1. The molecular formula is C11H21N3O3. The van der Waals surface area contributed by atoms with Gasteiger partial charge in [-0.15, -0.1) is 0 Å². The van der Waals surface area contributed by atoms with Crippen molar-refractivity contribution in [2.24, 2.45) is 0 Å². The molecule has 6 heteroatoms. The summed E-state index contributed by atoms with van der Waals surface area (Å²) in [7, 11) is 1.90. The van der Waals surface area contributed by atoms with E-state index in [2.05, 4.69) is 15.4 Å². The smallest absolute Gasteiger partial charge is 0.413 e. The summed E-state index contributed by atoms with van der Waals surface area (Å²) in [6.07, 6.45) is 1.39. The Morgan fingerprint density at radius 2 is 2.06 bits per heavy atom. The van der Waals surface area contributed by atoms with Gasteiger partial charge in [0.2, 0.25) is 5.91 Å². The van der Waals surface area contributed by atoms with Gasteiger partial charge >= 0.3 is 6.09 Å². The van der Waals surface area contributed by atoms with Crippen molar-refractivity contribution in [3.05, 3.63) is 0 Å². The van der Waals surface area contributed by atoms with Crippen LogP contribution in [-0.2, 0) is 9.53 Å². The highest BCUT2D eigenvalue weighted by molar-refractivity contribution is 5.92. The van der Waals surface area contributed by atoms with E-state index in [1.165, 1.54) is 0 Å². The SMILES string of the molecule is CCOC(=O)NC(=O)CN(C)C1CCNCC1. The van der Waals surface area contributed by atoms with Crippen molar-refractivity contribution < 1.29 is 14.3 Å². The Hall–Kier alpha value is -1.14. The summed E-state index contributed by atoms with van der Waals surface area (Å²) in [6.45, 7) is 4.15. The molecule has 1 aliphatic rings. The molecule has 1 fully saturated rings. The van der Waals surface area contributed by atoms with Crippen LogP contribution in [0.1, 0.15) is 19.8 Å². The molecule has 0 atom stereocenters. The summed E-state index contributed by atoms with van der Waals surface area (Å²) in [6, 6.07) is 0.407. The highest BCUT2D eigenvalue weighted by Crippen LogP contribution is 2.08. The normalized spacial score (nSPS) is 16.9.